The topological polar surface area (TPSA) is 88.9 Å². The molecular formula is C15H18ClN5O2. The second kappa shape index (κ2) is 7.73. The smallest absolute Gasteiger partial charge is 0.274 e. The Morgan fingerprint density at radius 3 is 2.78 bits per heavy atom. The van der Waals surface area contributed by atoms with Gasteiger partial charge in [0.15, 0.2) is 5.69 Å². The molecule has 0 atom stereocenters. The monoisotopic (exact) mass is 335 g/mol. The first-order valence-electron chi connectivity index (χ1n) is 7.26. The van der Waals surface area contributed by atoms with Crippen molar-refractivity contribution in [3.8, 4) is 5.69 Å². The van der Waals surface area contributed by atoms with Crippen molar-refractivity contribution in [2.75, 3.05) is 13.1 Å². The molecule has 0 unspecified atom stereocenters. The van der Waals surface area contributed by atoms with Crippen LogP contribution in [0.15, 0.2) is 24.3 Å². The van der Waals surface area contributed by atoms with Crippen molar-refractivity contribution in [1.29, 1.82) is 0 Å². The van der Waals surface area contributed by atoms with Crippen molar-refractivity contribution in [3.05, 3.63) is 40.7 Å². The number of rotatable bonds is 6. The van der Waals surface area contributed by atoms with Crippen LogP contribution in [0.1, 0.15) is 29.5 Å². The van der Waals surface area contributed by atoms with Gasteiger partial charge >= 0.3 is 0 Å². The van der Waals surface area contributed by atoms with Crippen LogP contribution >= 0.6 is 11.6 Å². The fraction of sp³-hybridized carbons (Fsp3) is 0.333. The van der Waals surface area contributed by atoms with Crippen LogP contribution in [0.2, 0.25) is 5.02 Å². The molecule has 2 amide bonds. The van der Waals surface area contributed by atoms with Crippen LogP contribution < -0.4 is 10.6 Å². The Morgan fingerprint density at radius 1 is 1.30 bits per heavy atom. The molecule has 0 fully saturated rings. The lowest BCUT2D eigenvalue weighted by Gasteiger charge is -2.06. The molecule has 2 N–H and O–H groups in total. The summed E-state index contributed by atoms with van der Waals surface area (Å²) in [6.07, 6.45) is 0.840. The van der Waals surface area contributed by atoms with E-state index in [0.717, 1.165) is 6.42 Å². The second-order valence-electron chi connectivity index (χ2n) is 4.95. The van der Waals surface area contributed by atoms with Crippen molar-refractivity contribution in [1.82, 2.24) is 25.6 Å². The van der Waals surface area contributed by atoms with Gasteiger partial charge in [-0.25, -0.2) is 4.68 Å². The molecule has 0 saturated carbocycles. The minimum Gasteiger partial charge on any atom is -0.355 e. The summed E-state index contributed by atoms with van der Waals surface area (Å²) in [5.41, 5.74) is 1.45. The highest BCUT2D eigenvalue weighted by molar-refractivity contribution is 6.30. The molecule has 0 spiro atoms. The standard InChI is InChI=1S/C15H18ClN5O2/c1-3-7-17-13(22)9-18-15(23)14-10(2)21(20-19-14)12-6-4-5-11(16)8-12/h4-6,8H,3,7,9H2,1-2H3,(H,17,22)(H,18,23). The van der Waals surface area contributed by atoms with Crippen molar-refractivity contribution in [3.63, 3.8) is 0 Å². The second-order valence-corrected chi connectivity index (χ2v) is 5.38. The van der Waals surface area contributed by atoms with E-state index < -0.39 is 5.91 Å². The van der Waals surface area contributed by atoms with Crippen molar-refractivity contribution in [2.45, 2.75) is 20.3 Å². The lowest BCUT2D eigenvalue weighted by Crippen LogP contribution is -2.37. The van der Waals surface area contributed by atoms with Gasteiger partial charge in [0.2, 0.25) is 5.91 Å². The van der Waals surface area contributed by atoms with Gasteiger partial charge in [0.1, 0.15) is 0 Å². The Balaban J connectivity index is 2.07. The largest absolute Gasteiger partial charge is 0.355 e. The van der Waals surface area contributed by atoms with Crippen molar-refractivity contribution < 1.29 is 9.59 Å². The summed E-state index contributed by atoms with van der Waals surface area (Å²) in [5, 5.41) is 13.6. The fourth-order valence-electron chi connectivity index (χ4n) is 1.96. The zero-order chi connectivity index (χ0) is 16.8. The lowest BCUT2D eigenvalue weighted by atomic mass is 10.3. The number of benzene rings is 1. The lowest BCUT2D eigenvalue weighted by molar-refractivity contribution is -0.120. The van der Waals surface area contributed by atoms with Gasteiger partial charge in [-0.15, -0.1) is 5.10 Å². The van der Waals surface area contributed by atoms with Gasteiger partial charge in [0.05, 0.1) is 17.9 Å². The Labute approximate surface area is 139 Å². The first kappa shape index (κ1) is 17.0. The first-order chi connectivity index (χ1) is 11.0. The van der Waals surface area contributed by atoms with Gasteiger partial charge < -0.3 is 10.6 Å². The van der Waals surface area contributed by atoms with Crippen molar-refractivity contribution in [2.24, 2.45) is 0 Å². The van der Waals surface area contributed by atoms with E-state index in [0.29, 0.717) is 22.9 Å². The summed E-state index contributed by atoms with van der Waals surface area (Å²) in [6, 6.07) is 7.08. The van der Waals surface area contributed by atoms with E-state index in [1.165, 1.54) is 4.68 Å². The quantitative estimate of drug-likeness (QED) is 0.837. The molecule has 2 rings (SSSR count). The molecule has 0 radical (unpaired) electrons. The number of aromatic nitrogens is 3. The highest BCUT2D eigenvalue weighted by Crippen LogP contribution is 2.16. The summed E-state index contributed by atoms with van der Waals surface area (Å²) < 4.78 is 1.53. The maximum absolute atomic E-state index is 12.1. The van der Waals surface area contributed by atoms with Crippen LogP contribution in [-0.4, -0.2) is 39.9 Å². The normalized spacial score (nSPS) is 10.4. The molecule has 122 valence electrons. The van der Waals surface area contributed by atoms with Gasteiger partial charge in [0.25, 0.3) is 5.91 Å². The highest BCUT2D eigenvalue weighted by Gasteiger charge is 2.17. The number of hydrogen-bond acceptors (Lipinski definition) is 4. The maximum atomic E-state index is 12.1. The van der Waals surface area contributed by atoms with Gasteiger partial charge in [-0.1, -0.05) is 29.8 Å². The zero-order valence-electron chi connectivity index (χ0n) is 13.0. The van der Waals surface area contributed by atoms with E-state index in [9.17, 15) is 9.59 Å². The molecule has 8 heteroatoms. The predicted octanol–water partition coefficient (Wildman–Crippen LogP) is 1.49. The van der Waals surface area contributed by atoms with Crippen molar-refractivity contribution >= 4 is 23.4 Å². The molecule has 0 saturated heterocycles. The fourth-order valence-corrected chi connectivity index (χ4v) is 2.15. The number of nitrogens with zero attached hydrogens (tertiary/aromatic N) is 3. The molecule has 0 aliphatic carbocycles. The summed E-state index contributed by atoms with van der Waals surface area (Å²) in [4.78, 5) is 23.6. The molecular weight excluding hydrogens is 318 g/mol. The number of carbonyl (C=O) groups is 2. The minimum absolute atomic E-state index is 0.0949. The Hall–Kier alpha value is -2.41. The Morgan fingerprint density at radius 2 is 2.09 bits per heavy atom. The summed E-state index contributed by atoms with van der Waals surface area (Å²) in [7, 11) is 0. The average Bonchev–Trinajstić information content (AvgIpc) is 2.92. The molecule has 1 heterocycles. The van der Waals surface area contributed by atoms with Gasteiger partial charge in [-0.2, -0.15) is 0 Å². The van der Waals surface area contributed by atoms with Crippen LogP contribution in [0, 0.1) is 6.92 Å². The molecule has 7 nitrogen and oxygen atoms in total. The first-order valence-corrected chi connectivity index (χ1v) is 7.64. The third kappa shape index (κ3) is 4.29. The number of hydrogen-bond donors (Lipinski definition) is 2. The van der Waals surface area contributed by atoms with Gasteiger partial charge in [-0.3, -0.25) is 9.59 Å². The summed E-state index contributed by atoms with van der Waals surface area (Å²) in [5.74, 6) is -0.678. The van der Waals surface area contributed by atoms with E-state index in [-0.39, 0.29) is 18.1 Å². The third-order valence-electron chi connectivity index (χ3n) is 3.14. The van der Waals surface area contributed by atoms with Gasteiger partial charge in [0, 0.05) is 11.6 Å². The van der Waals surface area contributed by atoms with Crippen LogP contribution in [0.4, 0.5) is 0 Å². The number of carbonyl (C=O) groups excluding carboxylic acids is 2. The van der Waals surface area contributed by atoms with Crippen LogP contribution in [-0.2, 0) is 4.79 Å². The maximum Gasteiger partial charge on any atom is 0.274 e. The van der Waals surface area contributed by atoms with Gasteiger partial charge in [-0.05, 0) is 31.5 Å². The zero-order valence-corrected chi connectivity index (χ0v) is 13.7. The molecule has 0 aliphatic rings. The Kier molecular flexibility index (Phi) is 5.70. The summed E-state index contributed by atoms with van der Waals surface area (Å²) >= 11 is 5.96. The van der Waals surface area contributed by atoms with Crippen LogP contribution in [0.5, 0.6) is 0 Å². The molecule has 1 aromatic carbocycles. The molecule has 1 aromatic heterocycles. The molecule has 2 aromatic rings. The van der Waals surface area contributed by atoms with E-state index in [2.05, 4.69) is 20.9 Å². The summed E-state index contributed by atoms with van der Waals surface area (Å²) in [6.45, 7) is 4.17. The van der Waals surface area contributed by atoms with E-state index in [4.69, 9.17) is 11.6 Å². The van der Waals surface area contributed by atoms with Crippen LogP contribution in [0.3, 0.4) is 0 Å². The molecule has 0 aliphatic heterocycles. The number of halogens is 1. The molecule has 0 bridgehead atoms. The third-order valence-corrected chi connectivity index (χ3v) is 3.38. The highest BCUT2D eigenvalue weighted by atomic mass is 35.5. The van der Waals surface area contributed by atoms with E-state index in [1.54, 1.807) is 25.1 Å². The minimum atomic E-state index is -0.442. The van der Waals surface area contributed by atoms with E-state index >= 15 is 0 Å². The molecule has 23 heavy (non-hydrogen) atoms. The SMILES string of the molecule is CCCNC(=O)CNC(=O)c1nnn(-c2cccc(Cl)c2)c1C. The number of nitrogens with one attached hydrogen (secondary N) is 2. The number of amides is 2. The van der Waals surface area contributed by atoms with E-state index in [1.807, 2.05) is 13.0 Å². The predicted molar refractivity (Wildman–Crippen MR) is 86.7 cm³/mol. The van der Waals surface area contributed by atoms with Crippen LogP contribution in [0.25, 0.3) is 5.69 Å². The Bertz CT molecular complexity index is 714. The average molecular weight is 336 g/mol.